The van der Waals surface area contributed by atoms with Crippen molar-refractivity contribution in [1.29, 1.82) is 0 Å². The number of unbranched alkanes of at least 4 members (excludes halogenated alkanes) is 3. The molecule has 0 heterocycles. The van der Waals surface area contributed by atoms with Gasteiger partial charge < -0.3 is 5.11 Å². The summed E-state index contributed by atoms with van der Waals surface area (Å²) in [5.41, 5.74) is 7.00. The summed E-state index contributed by atoms with van der Waals surface area (Å²) in [7, 11) is 0. The summed E-state index contributed by atoms with van der Waals surface area (Å²) in [6.07, 6.45) is 15.1. The van der Waals surface area contributed by atoms with Crippen LogP contribution in [0.2, 0.25) is 0 Å². The predicted molar refractivity (Wildman–Crippen MR) is 127 cm³/mol. The summed E-state index contributed by atoms with van der Waals surface area (Å²) in [6.45, 7) is 7.02. The molecule has 1 aliphatic rings. The van der Waals surface area contributed by atoms with Gasteiger partial charge >= 0.3 is 5.97 Å². The fourth-order valence-electron chi connectivity index (χ4n) is 4.69. The van der Waals surface area contributed by atoms with Crippen LogP contribution < -0.4 is 0 Å². The number of fused-ring (bicyclic) bond motifs is 1. The Hall–Kier alpha value is -2.35. The van der Waals surface area contributed by atoms with Crippen molar-refractivity contribution in [3.05, 3.63) is 69.8 Å². The third-order valence-electron chi connectivity index (χ3n) is 6.53. The summed E-state index contributed by atoms with van der Waals surface area (Å²) in [6, 6.07) is 12.1. The van der Waals surface area contributed by atoms with Crippen molar-refractivity contribution < 1.29 is 9.90 Å². The van der Waals surface area contributed by atoms with E-state index in [4.69, 9.17) is 0 Å². The predicted octanol–water partition coefficient (Wildman–Crippen LogP) is 7.68. The Bertz CT molecular complexity index is 905. The summed E-state index contributed by atoms with van der Waals surface area (Å²) < 4.78 is 0. The zero-order chi connectivity index (χ0) is 21.6. The molecule has 2 nitrogen and oxygen atoms in total. The summed E-state index contributed by atoms with van der Waals surface area (Å²) >= 11 is 0. The topological polar surface area (TPSA) is 37.3 Å². The summed E-state index contributed by atoms with van der Waals surface area (Å²) in [4.78, 5) is 11.6. The normalized spacial score (nSPS) is 15.7. The van der Waals surface area contributed by atoms with Gasteiger partial charge in [-0.15, -0.1) is 0 Å². The molecule has 1 N–H and O–H groups in total. The molecule has 0 aromatic heterocycles. The van der Waals surface area contributed by atoms with Crippen LogP contribution in [0.15, 0.2) is 36.4 Å². The highest BCUT2D eigenvalue weighted by molar-refractivity contribution is 5.93. The van der Waals surface area contributed by atoms with Crippen molar-refractivity contribution in [2.24, 2.45) is 0 Å². The first-order valence-electron chi connectivity index (χ1n) is 11.6. The van der Waals surface area contributed by atoms with Crippen LogP contribution in [0.1, 0.15) is 104 Å². The van der Waals surface area contributed by atoms with Crippen LogP contribution in [-0.2, 0) is 18.3 Å². The lowest BCUT2D eigenvalue weighted by atomic mass is 9.78. The lowest BCUT2D eigenvalue weighted by Crippen LogP contribution is -2.18. The van der Waals surface area contributed by atoms with Gasteiger partial charge in [-0.05, 0) is 71.4 Å². The SMILES string of the molecule is CCCCCCc1cc2c(cc1C=Cc1ccccc1C(=O)O)CCCCC2(C)C. The highest BCUT2D eigenvalue weighted by atomic mass is 16.4. The molecule has 0 unspecified atom stereocenters. The average molecular weight is 405 g/mol. The van der Waals surface area contributed by atoms with Gasteiger partial charge in [0.05, 0.1) is 5.56 Å². The number of carboxylic acid groups (broad SMARTS) is 1. The molecule has 0 fully saturated rings. The molecule has 0 amide bonds. The van der Waals surface area contributed by atoms with Crippen molar-refractivity contribution in [1.82, 2.24) is 0 Å². The van der Waals surface area contributed by atoms with Crippen LogP contribution in [0.5, 0.6) is 0 Å². The minimum atomic E-state index is -0.876. The van der Waals surface area contributed by atoms with Crippen LogP contribution >= 0.6 is 0 Å². The van der Waals surface area contributed by atoms with Crippen LogP contribution in [0.3, 0.4) is 0 Å². The van der Waals surface area contributed by atoms with E-state index in [0.29, 0.717) is 5.56 Å². The standard InChI is InChI=1S/C28H36O2/c1-4-5-6-7-13-22-20-26-24(14-10-11-18-28(26,2)3)19-23(22)17-16-21-12-8-9-15-25(21)27(29)30/h8-9,12,15-17,19-20H,4-7,10-11,13-14,18H2,1-3H3,(H,29,30). The molecule has 1 aliphatic carbocycles. The number of carbonyl (C=O) groups is 1. The molecule has 0 spiro atoms. The third kappa shape index (κ3) is 5.41. The number of hydrogen-bond donors (Lipinski definition) is 1. The number of hydrogen-bond acceptors (Lipinski definition) is 1. The molecule has 0 aliphatic heterocycles. The van der Waals surface area contributed by atoms with Gasteiger partial charge in [-0.3, -0.25) is 0 Å². The lowest BCUT2D eigenvalue weighted by Gasteiger charge is -2.27. The molecule has 160 valence electrons. The van der Waals surface area contributed by atoms with Crippen molar-refractivity contribution >= 4 is 18.1 Å². The molecule has 30 heavy (non-hydrogen) atoms. The van der Waals surface area contributed by atoms with Crippen molar-refractivity contribution in [2.45, 2.75) is 84.0 Å². The molecule has 0 saturated heterocycles. The van der Waals surface area contributed by atoms with Gasteiger partial charge in [0.15, 0.2) is 0 Å². The first-order chi connectivity index (χ1) is 14.4. The van der Waals surface area contributed by atoms with Gasteiger partial charge in [-0.2, -0.15) is 0 Å². The smallest absolute Gasteiger partial charge is 0.336 e. The minimum Gasteiger partial charge on any atom is -0.478 e. The molecule has 3 rings (SSSR count). The fourth-order valence-corrected chi connectivity index (χ4v) is 4.69. The molecule has 0 saturated carbocycles. The van der Waals surface area contributed by atoms with E-state index in [1.54, 1.807) is 12.1 Å². The van der Waals surface area contributed by atoms with Gasteiger partial charge in [-0.1, -0.05) is 88.9 Å². The second kappa shape index (κ2) is 10.1. The average Bonchev–Trinajstić information content (AvgIpc) is 2.87. The second-order valence-electron chi connectivity index (χ2n) is 9.34. The van der Waals surface area contributed by atoms with Crippen molar-refractivity contribution in [3.63, 3.8) is 0 Å². The van der Waals surface area contributed by atoms with E-state index in [0.717, 1.165) is 18.4 Å². The summed E-state index contributed by atoms with van der Waals surface area (Å²) in [5.74, 6) is -0.876. The number of aromatic carboxylic acids is 1. The zero-order valence-electron chi connectivity index (χ0n) is 18.8. The van der Waals surface area contributed by atoms with Gasteiger partial charge in [0.1, 0.15) is 0 Å². The van der Waals surface area contributed by atoms with Crippen LogP contribution in [-0.4, -0.2) is 11.1 Å². The van der Waals surface area contributed by atoms with Crippen molar-refractivity contribution in [2.75, 3.05) is 0 Å². The number of rotatable bonds is 8. The first-order valence-corrected chi connectivity index (χ1v) is 11.6. The minimum absolute atomic E-state index is 0.224. The van der Waals surface area contributed by atoms with E-state index in [2.05, 4.69) is 39.0 Å². The van der Waals surface area contributed by atoms with E-state index in [1.165, 1.54) is 67.2 Å². The zero-order valence-corrected chi connectivity index (χ0v) is 18.8. The Kier molecular flexibility index (Phi) is 7.53. The molecule has 0 atom stereocenters. The highest BCUT2D eigenvalue weighted by Gasteiger charge is 2.26. The van der Waals surface area contributed by atoms with Gasteiger partial charge in [0.25, 0.3) is 0 Å². The largest absolute Gasteiger partial charge is 0.478 e. The molecule has 2 heteroatoms. The van der Waals surface area contributed by atoms with E-state index in [-0.39, 0.29) is 5.41 Å². The van der Waals surface area contributed by atoms with E-state index in [9.17, 15) is 9.90 Å². The van der Waals surface area contributed by atoms with Gasteiger partial charge in [0.2, 0.25) is 0 Å². The molecule has 2 aromatic carbocycles. The number of carboxylic acids is 1. The third-order valence-corrected chi connectivity index (χ3v) is 6.53. The van der Waals surface area contributed by atoms with E-state index in [1.807, 2.05) is 18.2 Å². The molecule has 0 bridgehead atoms. The van der Waals surface area contributed by atoms with Crippen LogP contribution in [0.25, 0.3) is 12.2 Å². The first kappa shape index (κ1) is 22.3. The maximum absolute atomic E-state index is 11.6. The monoisotopic (exact) mass is 404 g/mol. The Morgan fingerprint density at radius 3 is 2.57 bits per heavy atom. The molecule has 0 radical (unpaired) electrons. The molecular formula is C28H36O2. The Balaban J connectivity index is 1.99. The quantitative estimate of drug-likeness (QED) is 0.278. The Morgan fingerprint density at radius 1 is 1.03 bits per heavy atom. The second-order valence-corrected chi connectivity index (χ2v) is 9.34. The number of benzene rings is 2. The highest BCUT2D eigenvalue weighted by Crippen LogP contribution is 2.37. The van der Waals surface area contributed by atoms with Crippen molar-refractivity contribution in [3.8, 4) is 0 Å². The van der Waals surface area contributed by atoms with Gasteiger partial charge in [-0.25, -0.2) is 4.79 Å². The van der Waals surface area contributed by atoms with Crippen LogP contribution in [0.4, 0.5) is 0 Å². The van der Waals surface area contributed by atoms with E-state index < -0.39 is 5.97 Å². The Labute approximate surface area is 182 Å². The maximum atomic E-state index is 11.6. The Morgan fingerprint density at radius 2 is 1.80 bits per heavy atom. The lowest BCUT2D eigenvalue weighted by molar-refractivity contribution is 0.0696. The maximum Gasteiger partial charge on any atom is 0.336 e. The van der Waals surface area contributed by atoms with E-state index >= 15 is 0 Å². The number of aryl methyl sites for hydroxylation is 2. The molecular weight excluding hydrogens is 368 g/mol. The van der Waals surface area contributed by atoms with Gasteiger partial charge in [0, 0.05) is 0 Å². The van der Waals surface area contributed by atoms with Crippen LogP contribution in [0, 0.1) is 0 Å². The summed E-state index contributed by atoms with van der Waals surface area (Å²) in [5, 5.41) is 9.50. The fraction of sp³-hybridized carbons (Fsp3) is 0.464. The molecule has 2 aromatic rings.